The molecule has 6 rings (SSSR count). The van der Waals surface area contributed by atoms with Crippen molar-refractivity contribution in [1.29, 1.82) is 0 Å². The monoisotopic (exact) mass is 538 g/mol. The molecule has 0 unspecified atom stereocenters. The summed E-state index contributed by atoms with van der Waals surface area (Å²) in [6.45, 7) is 5.42. The number of hydrogen-bond donors (Lipinski definition) is 2. The number of carbonyl (C=O) groups is 2. The fraction of sp³-hybridized carbons (Fsp3) is 0.281. The van der Waals surface area contributed by atoms with Crippen molar-refractivity contribution in [2.45, 2.75) is 51.2 Å². The molecule has 0 radical (unpaired) electrons. The molecule has 2 aliphatic rings. The van der Waals surface area contributed by atoms with Crippen molar-refractivity contribution in [1.82, 2.24) is 5.32 Å². The Kier molecular flexibility index (Phi) is 6.13. The van der Waals surface area contributed by atoms with Crippen LogP contribution in [-0.4, -0.2) is 24.2 Å². The Balaban J connectivity index is 1.45. The second kappa shape index (κ2) is 9.55. The summed E-state index contributed by atoms with van der Waals surface area (Å²) in [5.41, 5.74) is 2.07. The maximum Gasteiger partial charge on any atom is 0.408 e. The van der Waals surface area contributed by atoms with Crippen LogP contribution in [0.3, 0.4) is 0 Å². The fourth-order valence-electron chi connectivity index (χ4n) is 5.32. The van der Waals surface area contributed by atoms with E-state index in [1.165, 1.54) is 0 Å². The quantitative estimate of drug-likeness (QED) is 0.313. The second-order valence-corrected chi connectivity index (χ2v) is 11.3. The van der Waals surface area contributed by atoms with Gasteiger partial charge in [0.1, 0.15) is 22.8 Å². The molecule has 3 aromatic carbocycles. The van der Waals surface area contributed by atoms with Crippen LogP contribution in [0.4, 0.5) is 10.5 Å². The fourth-order valence-corrected chi connectivity index (χ4v) is 5.32. The van der Waals surface area contributed by atoms with Crippen LogP contribution in [-0.2, 0) is 15.1 Å². The molecule has 8 heteroatoms. The van der Waals surface area contributed by atoms with Crippen LogP contribution in [0.5, 0.6) is 5.75 Å². The lowest BCUT2D eigenvalue weighted by Gasteiger charge is -2.43. The highest BCUT2D eigenvalue weighted by Crippen LogP contribution is 2.43. The van der Waals surface area contributed by atoms with Gasteiger partial charge in [0.05, 0.1) is 16.5 Å². The zero-order chi connectivity index (χ0) is 28.1. The van der Waals surface area contributed by atoms with Gasteiger partial charge in [0.2, 0.25) is 5.43 Å². The average Bonchev–Trinajstić information content (AvgIpc) is 2.90. The normalized spacial score (nSPS) is 15.8. The van der Waals surface area contributed by atoms with Crippen molar-refractivity contribution in [2.75, 3.05) is 11.9 Å². The molecule has 1 aliphatic carbocycles. The number of nitrogens with one attached hydrogen (secondary N) is 2. The number of ether oxygens (including phenoxy) is 2. The molecule has 0 atom stereocenters. The maximum atomic E-state index is 14.0. The van der Waals surface area contributed by atoms with Gasteiger partial charge in [0.15, 0.2) is 12.2 Å². The van der Waals surface area contributed by atoms with E-state index >= 15 is 0 Å². The first-order chi connectivity index (χ1) is 19.1. The highest BCUT2D eigenvalue weighted by atomic mass is 16.6. The minimum absolute atomic E-state index is 0.0943. The van der Waals surface area contributed by atoms with E-state index in [1.54, 1.807) is 12.1 Å². The summed E-state index contributed by atoms with van der Waals surface area (Å²) >= 11 is 0. The van der Waals surface area contributed by atoms with E-state index in [0.29, 0.717) is 33.7 Å². The van der Waals surface area contributed by atoms with Gasteiger partial charge in [0.25, 0.3) is 5.91 Å². The van der Waals surface area contributed by atoms with Crippen molar-refractivity contribution < 1.29 is 23.5 Å². The standard InChI is InChI=1S/C32H30N2O6/c1-31(2,3)40-30(37)34-32(16-7-17-32)21-12-10-19(11-13-21)25-27(36)22-14-15-23-26(33-24(35)18-38-23)29(22)39-28(25)20-8-5-4-6-9-20/h4-6,8-15H,7,16-18H2,1-3H3,(H,33,35)(H,34,37). The number of carbonyl (C=O) groups excluding carboxylic acids is 2. The lowest BCUT2D eigenvalue weighted by atomic mass is 9.71. The number of alkyl carbamates (subject to hydrolysis) is 1. The molecule has 0 bridgehead atoms. The van der Waals surface area contributed by atoms with Crippen LogP contribution in [0.25, 0.3) is 33.4 Å². The van der Waals surface area contributed by atoms with Crippen LogP contribution >= 0.6 is 0 Å². The molecule has 4 aromatic rings. The van der Waals surface area contributed by atoms with E-state index in [0.717, 1.165) is 30.4 Å². The summed E-state index contributed by atoms with van der Waals surface area (Å²) in [5, 5.41) is 6.21. The van der Waals surface area contributed by atoms with Crippen LogP contribution < -0.4 is 20.8 Å². The molecule has 2 amide bonds. The van der Waals surface area contributed by atoms with Crippen LogP contribution in [0.1, 0.15) is 45.6 Å². The summed E-state index contributed by atoms with van der Waals surface area (Å²) in [6.07, 6.45) is 2.15. The van der Waals surface area contributed by atoms with Crippen molar-refractivity contribution >= 4 is 28.7 Å². The molecular weight excluding hydrogens is 508 g/mol. The molecular formula is C32H30N2O6. The van der Waals surface area contributed by atoms with Gasteiger partial charge in [-0.15, -0.1) is 0 Å². The third-order valence-electron chi connectivity index (χ3n) is 7.35. The molecule has 1 saturated carbocycles. The van der Waals surface area contributed by atoms with Crippen LogP contribution in [0, 0.1) is 0 Å². The average molecular weight is 539 g/mol. The van der Waals surface area contributed by atoms with Crippen LogP contribution in [0.2, 0.25) is 0 Å². The smallest absolute Gasteiger partial charge is 0.408 e. The number of rotatable bonds is 4. The Hall–Kier alpha value is -4.59. The maximum absolute atomic E-state index is 14.0. The first-order valence-corrected chi connectivity index (χ1v) is 13.4. The molecule has 0 spiro atoms. The molecule has 2 N–H and O–H groups in total. The van der Waals surface area contributed by atoms with E-state index in [-0.39, 0.29) is 23.5 Å². The number of anilines is 1. The van der Waals surface area contributed by atoms with E-state index in [4.69, 9.17) is 13.9 Å². The van der Waals surface area contributed by atoms with Gasteiger partial charge < -0.3 is 24.5 Å². The van der Waals surface area contributed by atoms with Crippen molar-refractivity contribution in [3.8, 4) is 28.2 Å². The lowest BCUT2D eigenvalue weighted by Crippen LogP contribution is -2.52. The summed E-state index contributed by atoms with van der Waals surface area (Å²) in [7, 11) is 0. The van der Waals surface area contributed by atoms with Gasteiger partial charge in [-0.25, -0.2) is 4.79 Å². The van der Waals surface area contributed by atoms with Gasteiger partial charge in [-0.3, -0.25) is 9.59 Å². The number of fused-ring (bicyclic) bond motifs is 3. The van der Waals surface area contributed by atoms with E-state index < -0.39 is 17.2 Å². The molecule has 2 heterocycles. The summed E-state index contributed by atoms with van der Waals surface area (Å²) in [4.78, 5) is 38.7. The summed E-state index contributed by atoms with van der Waals surface area (Å²) in [5.74, 6) is 0.535. The SMILES string of the molecule is CC(C)(C)OC(=O)NC1(c2ccc(-c3c(-c4ccccc4)oc4c5c(ccc4c3=O)OCC(=O)N5)cc2)CCC1. The second-order valence-electron chi connectivity index (χ2n) is 11.3. The molecule has 0 saturated heterocycles. The Labute approximate surface area is 231 Å². The largest absolute Gasteiger partial charge is 0.481 e. The summed E-state index contributed by atoms with van der Waals surface area (Å²) in [6, 6.07) is 20.4. The number of benzene rings is 3. The Bertz CT molecular complexity index is 1680. The first-order valence-electron chi connectivity index (χ1n) is 13.4. The third-order valence-corrected chi connectivity index (χ3v) is 7.35. The van der Waals surface area contributed by atoms with E-state index in [1.807, 2.05) is 75.4 Å². The molecule has 1 aliphatic heterocycles. The van der Waals surface area contributed by atoms with Gasteiger partial charge in [0, 0.05) is 5.56 Å². The highest BCUT2D eigenvalue weighted by molar-refractivity contribution is 6.05. The zero-order valence-corrected chi connectivity index (χ0v) is 22.6. The van der Waals surface area contributed by atoms with E-state index in [2.05, 4.69) is 10.6 Å². The van der Waals surface area contributed by atoms with Crippen molar-refractivity contribution in [3.63, 3.8) is 0 Å². The van der Waals surface area contributed by atoms with Crippen LogP contribution in [0.15, 0.2) is 75.9 Å². The van der Waals surface area contributed by atoms with E-state index in [9.17, 15) is 14.4 Å². The van der Waals surface area contributed by atoms with Crippen molar-refractivity contribution in [2.24, 2.45) is 0 Å². The lowest BCUT2D eigenvalue weighted by molar-refractivity contribution is -0.118. The van der Waals surface area contributed by atoms with Gasteiger partial charge in [-0.2, -0.15) is 0 Å². The van der Waals surface area contributed by atoms with Gasteiger partial charge >= 0.3 is 6.09 Å². The Morgan fingerprint density at radius 2 is 1.68 bits per heavy atom. The molecule has 40 heavy (non-hydrogen) atoms. The van der Waals surface area contributed by atoms with Crippen molar-refractivity contribution in [3.05, 3.63) is 82.5 Å². The zero-order valence-electron chi connectivity index (χ0n) is 22.6. The molecule has 1 fully saturated rings. The number of amides is 2. The highest BCUT2D eigenvalue weighted by Gasteiger charge is 2.41. The first kappa shape index (κ1) is 25.7. The van der Waals surface area contributed by atoms with Gasteiger partial charge in [-0.1, -0.05) is 54.6 Å². The third kappa shape index (κ3) is 4.59. The molecule has 204 valence electrons. The number of hydrogen-bond acceptors (Lipinski definition) is 6. The molecule has 1 aromatic heterocycles. The topological polar surface area (TPSA) is 107 Å². The minimum atomic E-state index is -0.592. The summed E-state index contributed by atoms with van der Waals surface area (Å²) < 4.78 is 17.5. The minimum Gasteiger partial charge on any atom is -0.481 e. The Morgan fingerprint density at radius 1 is 0.950 bits per heavy atom. The van der Waals surface area contributed by atoms with Gasteiger partial charge in [-0.05, 0) is 63.3 Å². The molecule has 8 nitrogen and oxygen atoms in total. The Morgan fingerprint density at radius 3 is 2.33 bits per heavy atom. The predicted octanol–water partition coefficient (Wildman–Crippen LogP) is 6.36. The predicted molar refractivity (Wildman–Crippen MR) is 152 cm³/mol.